The van der Waals surface area contributed by atoms with Gasteiger partial charge in [0, 0.05) is 31.4 Å². The Kier molecular flexibility index (Phi) is 7.40. The van der Waals surface area contributed by atoms with Gasteiger partial charge in [-0.3, -0.25) is 9.48 Å². The van der Waals surface area contributed by atoms with E-state index in [9.17, 15) is 4.79 Å². The number of guanidine groups is 1. The van der Waals surface area contributed by atoms with Crippen LogP contribution in [0, 0.1) is 0 Å². The highest BCUT2D eigenvalue weighted by Gasteiger charge is 2.08. The fraction of sp³-hybridized carbons (Fsp3) is 0.286. The number of hydrogen-bond acceptors (Lipinski definition) is 4. The van der Waals surface area contributed by atoms with Gasteiger partial charge in [0.2, 0.25) is 5.91 Å². The molecule has 3 aromatic rings. The van der Waals surface area contributed by atoms with Crippen LogP contribution in [0.2, 0.25) is 0 Å². The van der Waals surface area contributed by atoms with Crippen LogP contribution in [0.3, 0.4) is 0 Å². The van der Waals surface area contributed by atoms with Crippen LogP contribution in [0.1, 0.15) is 16.0 Å². The Labute approximate surface area is 175 Å². The topological polar surface area (TPSA) is 74.5 Å². The molecule has 0 bridgehead atoms. The van der Waals surface area contributed by atoms with Crippen molar-refractivity contribution in [2.75, 3.05) is 20.6 Å². The molecule has 3 rings (SSSR count). The summed E-state index contributed by atoms with van der Waals surface area (Å²) in [5.41, 5.74) is 2.29. The number of nitrogens with one attached hydrogen (secondary N) is 2. The van der Waals surface area contributed by atoms with Crippen LogP contribution in [-0.2, 0) is 24.4 Å². The van der Waals surface area contributed by atoms with Crippen molar-refractivity contribution in [3.63, 3.8) is 0 Å². The molecule has 7 nitrogen and oxygen atoms in total. The Bertz CT molecular complexity index is 919. The standard InChI is InChI=1S/C21H26N6OS/c1-26(2)20(28)15-24-21(23-14-19-9-5-12-29-19)22-13-17-7-3-4-8-18(17)16-27-11-6-10-25-27/h3-12H,13-16H2,1-2H3,(H2,22,23,24). The van der Waals surface area contributed by atoms with Crippen molar-refractivity contribution in [2.24, 2.45) is 4.99 Å². The van der Waals surface area contributed by atoms with Crippen LogP contribution < -0.4 is 10.6 Å². The van der Waals surface area contributed by atoms with Gasteiger partial charge in [-0.2, -0.15) is 5.10 Å². The van der Waals surface area contributed by atoms with E-state index in [0.29, 0.717) is 25.6 Å². The molecule has 0 aliphatic rings. The summed E-state index contributed by atoms with van der Waals surface area (Å²) in [6.45, 7) is 2.06. The molecule has 0 aliphatic carbocycles. The first-order valence-electron chi connectivity index (χ1n) is 9.41. The van der Waals surface area contributed by atoms with Gasteiger partial charge in [-0.25, -0.2) is 4.99 Å². The molecule has 0 fully saturated rings. The first-order chi connectivity index (χ1) is 14.1. The van der Waals surface area contributed by atoms with E-state index in [1.54, 1.807) is 36.5 Å². The van der Waals surface area contributed by atoms with Gasteiger partial charge in [0.05, 0.1) is 26.2 Å². The second-order valence-electron chi connectivity index (χ2n) is 6.71. The minimum Gasteiger partial charge on any atom is -0.351 e. The highest BCUT2D eigenvalue weighted by Crippen LogP contribution is 2.12. The first-order valence-corrected chi connectivity index (χ1v) is 10.3. The van der Waals surface area contributed by atoms with E-state index in [1.807, 2.05) is 40.5 Å². The fourth-order valence-corrected chi connectivity index (χ4v) is 3.32. The third kappa shape index (κ3) is 6.46. The summed E-state index contributed by atoms with van der Waals surface area (Å²) in [4.78, 5) is 19.4. The van der Waals surface area contributed by atoms with Gasteiger partial charge < -0.3 is 15.5 Å². The third-order valence-corrected chi connectivity index (χ3v) is 5.21. The van der Waals surface area contributed by atoms with Gasteiger partial charge in [0.1, 0.15) is 0 Å². The first kappa shape index (κ1) is 20.6. The van der Waals surface area contributed by atoms with E-state index in [2.05, 4.69) is 33.9 Å². The molecule has 0 saturated heterocycles. The van der Waals surface area contributed by atoms with Crippen LogP contribution >= 0.6 is 11.3 Å². The van der Waals surface area contributed by atoms with Gasteiger partial charge in [-0.1, -0.05) is 30.3 Å². The molecule has 0 spiro atoms. The number of amides is 1. The minimum atomic E-state index is -0.00490. The maximum absolute atomic E-state index is 12.0. The molecule has 29 heavy (non-hydrogen) atoms. The summed E-state index contributed by atoms with van der Waals surface area (Å²) in [5.74, 6) is 0.609. The molecular weight excluding hydrogens is 384 g/mol. The number of benzene rings is 1. The van der Waals surface area contributed by atoms with E-state index >= 15 is 0 Å². The van der Waals surface area contributed by atoms with E-state index in [-0.39, 0.29) is 12.5 Å². The second-order valence-corrected chi connectivity index (χ2v) is 7.74. The van der Waals surface area contributed by atoms with E-state index in [1.165, 1.54) is 10.4 Å². The molecule has 8 heteroatoms. The lowest BCUT2D eigenvalue weighted by Crippen LogP contribution is -2.42. The van der Waals surface area contributed by atoms with Gasteiger partial charge in [-0.05, 0) is 28.6 Å². The molecule has 0 radical (unpaired) electrons. The summed E-state index contributed by atoms with van der Waals surface area (Å²) in [6, 6.07) is 14.2. The molecule has 2 N–H and O–H groups in total. The summed E-state index contributed by atoms with van der Waals surface area (Å²) < 4.78 is 1.90. The number of hydrogen-bond donors (Lipinski definition) is 2. The fourth-order valence-electron chi connectivity index (χ4n) is 2.67. The number of thiophene rings is 1. The van der Waals surface area contributed by atoms with Gasteiger partial charge in [-0.15, -0.1) is 11.3 Å². The second kappa shape index (κ2) is 10.4. The summed E-state index contributed by atoms with van der Waals surface area (Å²) in [7, 11) is 3.48. The van der Waals surface area contributed by atoms with Crippen molar-refractivity contribution in [1.82, 2.24) is 25.3 Å². The van der Waals surface area contributed by atoms with E-state index in [0.717, 1.165) is 5.56 Å². The molecule has 0 unspecified atom stereocenters. The maximum atomic E-state index is 12.0. The van der Waals surface area contributed by atoms with Crippen molar-refractivity contribution < 1.29 is 4.79 Å². The molecule has 1 amide bonds. The zero-order valence-electron chi connectivity index (χ0n) is 16.7. The largest absolute Gasteiger partial charge is 0.351 e. The number of rotatable bonds is 8. The molecule has 0 saturated carbocycles. The molecule has 1 aromatic carbocycles. The van der Waals surface area contributed by atoms with E-state index < -0.39 is 0 Å². The molecular formula is C21H26N6OS. The highest BCUT2D eigenvalue weighted by molar-refractivity contribution is 7.09. The van der Waals surface area contributed by atoms with Crippen molar-refractivity contribution in [1.29, 1.82) is 0 Å². The average molecular weight is 411 g/mol. The van der Waals surface area contributed by atoms with Crippen LogP contribution in [-0.4, -0.2) is 47.2 Å². The van der Waals surface area contributed by atoms with Crippen LogP contribution in [0.5, 0.6) is 0 Å². The van der Waals surface area contributed by atoms with Crippen molar-refractivity contribution in [3.05, 3.63) is 76.2 Å². The zero-order valence-corrected chi connectivity index (χ0v) is 17.5. The molecule has 2 heterocycles. The zero-order chi connectivity index (χ0) is 20.5. The number of likely N-dealkylation sites (N-methyl/N-ethyl adjacent to an activating group) is 1. The summed E-state index contributed by atoms with van der Waals surface area (Å²) in [5, 5.41) is 12.8. The Morgan fingerprint density at radius 3 is 2.66 bits per heavy atom. The average Bonchev–Trinajstić information content (AvgIpc) is 3.42. The lowest BCUT2D eigenvalue weighted by molar-refractivity contribution is -0.127. The number of aliphatic imine (C=N–C) groups is 1. The van der Waals surface area contributed by atoms with Crippen LogP contribution in [0.15, 0.2) is 65.2 Å². The quantitative estimate of drug-likeness (QED) is 0.442. The highest BCUT2D eigenvalue weighted by atomic mass is 32.1. The molecule has 0 aliphatic heterocycles. The summed E-state index contributed by atoms with van der Waals surface area (Å²) in [6.07, 6.45) is 3.72. The summed E-state index contributed by atoms with van der Waals surface area (Å²) >= 11 is 1.68. The lowest BCUT2D eigenvalue weighted by atomic mass is 10.1. The van der Waals surface area contributed by atoms with Crippen molar-refractivity contribution in [3.8, 4) is 0 Å². The molecule has 2 aromatic heterocycles. The number of carbonyl (C=O) groups excluding carboxylic acids is 1. The Morgan fingerprint density at radius 1 is 1.14 bits per heavy atom. The van der Waals surface area contributed by atoms with Gasteiger partial charge in [0.15, 0.2) is 5.96 Å². The van der Waals surface area contributed by atoms with Gasteiger partial charge >= 0.3 is 0 Å². The number of nitrogens with zero attached hydrogens (tertiary/aromatic N) is 4. The maximum Gasteiger partial charge on any atom is 0.241 e. The molecule has 0 atom stereocenters. The third-order valence-electron chi connectivity index (χ3n) is 4.33. The Hall–Kier alpha value is -3.13. The minimum absolute atomic E-state index is 0.00490. The smallest absolute Gasteiger partial charge is 0.241 e. The van der Waals surface area contributed by atoms with Crippen LogP contribution in [0.25, 0.3) is 0 Å². The van der Waals surface area contributed by atoms with Crippen molar-refractivity contribution in [2.45, 2.75) is 19.6 Å². The Morgan fingerprint density at radius 2 is 1.97 bits per heavy atom. The SMILES string of the molecule is CN(C)C(=O)CNC(=NCc1ccccc1Cn1cccn1)NCc1cccs1. The lowest BCUT2D eigenvalue weighted by Gasteiger charge is -2.15. The van der Waals surface area contributed by atoms with Crippen molar-refractivity contribution >= 4 is 23.2 Å². The predicted molar refractivity (Wildman–Crippen MR) is 117 cm³/mol. The molecule has 152 valence electrons. The Balaban J connectivity index is 1.70. The number of carbonyl (C=O) groups is 1. The normalized spacial score (nSPS) is 11.3. The monoisotopic (exact) mass is 410 g/mol. The predicted octanol–water partition coefficient (Wildman–Crippen LogP) is 2.32. The van der Waals surface area contributed by atoms with E-state index in [4.69, 9.17) is 4.99 Å². The number of aromatic nitrogens is 2. The van der Waals surface area contributed by atoms with Crippen LogP contribution in [0.4, 0.5) is 0 Å². The van der Waals surface area contributed by atoms with Gasteiger partial charge in [0.25, 0.3) is 0 Å².